The van der Waals surface area contributed by atoms with Gasteiger partial charge in [0.2, 0.25) is 5.91 Å². The Kier molecular flexibility index (Phi) is 8.43. The van der Waals surface area contributed by atoms with Gasteiger partial charge in [0.1, 0.15) is 5.66 Å². The Morgan fingerprint density at radius 1 is 0.875 bits per heavy atom. The zero-order valence-corrected chi connectivity index (χ0v) is 21.5. The predicted molar refractivity (Wildman–Crippen MR) is 125 cm³/mol. The first-order valence-corrected chi connectivity index (χ1v) is 12.1. The van der Waals surface area contributed by atoms with Gasteiger partial charge in [0.25, 0.3) is 0 Å². The van der Waals surface area contributed by atoms with Crippen molar-refractivity contribution in [2.45, 2.75) is 70.8 Å². The van der Waals surface area contributed by atoms with Crippen LogP contribution in [0.2, 0.25) is 0 Å². The molecule has 2 aromatic carbocycles. The van der Waals surface area contributed by atoms with E-state index in [9.17, 15) is 49.1 Å². The Labute approximate surface area is 223 Å². The number of rotatable bonds is 5. The summed E-state index contributed by atoms with van der Waals surface area (Å²) in [6.07, 6.45) is -16.3. The van der Waals surface area contributed by atoms with Gasteiger partial charge in [-0.2, -0.15) is 39.5 Å². The van der Waals surface area contributed by atoms with Gasteiger partial charge in [-0.25, -0.2) is 4.79 Å². The van der Waals surface area contributed by atoms with Crippen molar-refractivity contribution < 1.29 is 53.8 Å². The number of carbonyl (C=O) groups is 2. The van der Waals surface area contributed by atoms with Gasteiger partial charge >= 0.3 is 24.6 Å². The molecular weight excluding hydrogens is 559 g/mol. The first kappa shape index (κ1) is 31.1. The molecule has 2 aromatic rings. The second kappa shape index (κ2) is 10.8. The zero-order chi connectivity index (χ0) is 30.3. The quantitative estimate of drug-likeness (QED) is 0.337. The lowest BCUT2D eigenvalue weighted by atomic mass is 9.86. The third kappa shape index (κ3) is 6.15. The maximum absolute atomic E-state index is 13.5. The maximum atomic E-state index is 13.5. The summed E-state index contributed by atoms with van der Waals surface area (Å²) in [5.41, 5.74) is -6.25. The van der Waals surface area contributed by atoms with Crippen LogP contribution in [0.15, 0.2) is 36.4 Å². The van der Waals surface area contributed by atoms with Crippen LogP contribution in [0.25, 0.3) is 0 Å². The number of benzene rings is 2. The second-order valence-electron chi connectivity index (χ2n) is 9.23. The minimum atomic E-state index is -5.13. The molecule has 1 atom stereocenters. The molecule has 0 aromatic heterocycles. The number of carbonyl (C=O) groups excluding carboxylic acids is 2. The number of hydrogen-bond donors (Lipinski definition) is 0. The molecule has 0 aliphatic carbocycles. The van der Waals surface area contributed by atoms with Crippen molar-refractivity contribution in [1.29, 1.82) is 0 Å². The van der Waals surface area contributed by atoms with Gasteiger partial charge < -0.3 is 9.64 Å². The van der Waals surface area contributed by atoms with Gasteiger partial charge in [-0.1, -0.05) is 6.92 Å². The smallest absolute Gasteiger partial charge is 0.416 e. The standard InChI is InChI=1S/C26H25F9N2O3/c1-4-23(9-8-17-12-18(24(27,28)29)6-7-21(17)37(23)22(39)40-5-2)36(15(3)38)14-16-10-19(25(30,31)32)13-20(11-16)26(33,34)35/h6-7,10-13H,4-5,8-9,14H2,1-3H3. The van der Waals surface area contributed by atoms with Gasteiger partial charge in [-0.15, -0.1) is 0 Å². The zero-order valence-electron chi connectivity index (χ0n) is 21.5. The Balaban J connectivity index is 2.20. The third-order valence-electron chi connectivity index (χ3n) is 6.75. The molecule has 220 valence electrons. The lowest BCUT2D eigenvalue weighted by molar-refractivity contribution is -0.143. The summed E-state index contributed by atoms with van der Waals surface area (Å²) in [7, 11) is 0. The van der Waals surface area contributed by atoms with Crippen molar-refractivity contribution in [3.63, 3.8) is 0 Å². The van der Waals surface area contributed by atoms with Crippen LogP contribution in [0.3, 0.4) is 0 Å². The van der Waals surface area contributed by atoms with Crippen LogP contribution in [0.5, 0.6) is 0 Å². The molecule has 2 amide bonds. The second-order valence-corrected chi connectivity index (χ2v) is 9.23. The fourth-order valence-corrected chi connectivity index (χ4v) is 4.93. The normalized spacial score (nSPS) is 17.9. The average molecular weight is 584 g/mol. The van der Waals surface area contributed by atoms with Crippen molar-refractivity contribution in [2.75, 3.05) is 11.5 Å². The Morgan fingerprint density at radius 3 is 1.88 bits per heavy atom. The molecule has 0 radical (unpaired) electrons. The van der Waals surface area contributed by atoms with Crippen LogP contribution < -0.4 is 4.90 Å². The highest BCUT2D eigenvalue weighted by Gasteiger charge is 2.50. The van der Waals surface area contributed by atoms with Crippen molar-refractivity contribution in [3.8, 4) is 0 Å². The lowest BCUT2D eigenvalue weighted by Gasteiger charge is -2.52. The minimum Gasteiger partial charge on any atom is -0.449 e. The Hall–Kier alpha value is -3.45. The van der Waals surface area contributed by atoms with Gasteiger partial charge in [-0.05, 0) is 73.7 Å². The molecule has 0 saturated carbocycles. The van der Waals surface area contributed by atoms with E-state index in [2.05, 4.69) is 0 Å². The fourth-order valence-electron chi connectivity index (χ4n) is 4.93. The van der Waals surface area contributed by atoms with Crippen molar-refractivity contribution in [3.05, 3.63) is 64.2 Å². The van der Waals surface area contributed by atoms with Gasteiger partial charge in [0, 0.05) is 13.5 Å². The van der Waals surface area contributed by atoms with Crippen molar-refractivity contribution in [2.24, 2.45) is 0 Å². The molecular formula is C26H25F9N2O3. The lowest BCUT2D eigenvalue weighted by Crippen LogP contribution is -2.65. The number of amides is 2. The largest absolute Gasteiger partial charge is 0.449 e. The number of halogens is 9. The Bertz CT molecular complexity index is 1240. The van der Waals surface area contributed by atoms with Crippen molar-refractivity contribution >= 4 is 17.7 Å². The highest BCUT2D eigenvalue weighted by atomic mass is 19.4. The van der Waals surface area contributed by atoms with E-state index in [4.69, 9.17) is 4.74 Å². The molecule has 5 nitrogen and oxygen atoms in total. The average Bonchev–Trinajstić information content (AvgIpc) is 2.84. The summed E-state index contributed by atoms with van der Waals surface area (Å²) >= 11 is 0. The molecule has 1 aliphatic heterocycles. The molecule has 1 heterocycles. The number of ether oxygens (including phenoxy) is 1. The predicted octanol–water partition coefficient (Wildman–Crippen LogP) is 7.81. The number of aryl methyl sites for hydroxylation is 1. The number of hydrogen-bond acceptors (Lipinski definition) is 3. The SMILES string of the molecule is CCOC(=O)N1c2ccc(C(F)(F)F)cc2CCC1(CC)N(Cc1cc(C(F)(F)F)cc(C(F)(F)F)c1)C(C)=O. The van der Waals surface area contributed by atoms with E-state index in [0.717, 1.165) is 34.9 Å². The fraction of sp³-hybridized carbons (Fsp3) is 0.462. The molecule has 40 heavy (non-hydrogen) atoms. The maximum Gasteiger partial charge on any atom is 0.416 e. The molecule has 3 rings (SSSR count). The molecule has 1 unspecified atom stereocenters. The number of alkyl halides is 9. The summed E-state index contributed by atoms with van der Waals surface area (Å²) in [4.78, 5) is 28.1. The molecule has 14 heteroatoms. The van der Waals surface area contributed by atoms with Crippen LogP contribution in [0.4, 0.5) is 50.0 Å². The third-order valence-corrected chi connectivity index (χ3v) is 6.75. The molecule has 0 N–H and O–H groups in total. The van der Waals surface area contributed by atoms with Gasteiger partial charge in [0.15, 0.2) is 0 Å². The van der Waals surface area contributed by atoms with E-state index in [1.54, 1.807) is 0 Å². The van der Waals surface area contributed by atoms with Crippen LogP contribution in [-0.2, 0) is 41.0 Å². The van der Waals surface area contributed by atoms with Crippen LogP contribution in [0.1, 0.15) is 61.4 Å². The molecule has 0 spiro atoms. The molecule has 0 saturated heterocycles. The van der Waals surface area contributed by atoms with Gasteiger partial charge in [0.05, 0.1) is 29.0 Å². The number of fused-ring (bicyclic) bond motifs is 1. The summed E-state index contributed by atoms with van der Waals surface area (Å²) in [6, 6.07) is 3.53. The molecule has 0 fully saturated rings. The van der Waals surface area contributed by atoms with Crippen molar-refractivity contribution in [1.82, 2.24) is 4.90 Å². The van der Waals surface area contributed by atoms with Gasteiger partial charge in [-0.3, -0.25) is 9.69 Å². The monoisotopic (exact) mass is 584 g/mol. The summed E-state index contributed by atoms with van der Waals surface area (Å²) in [5, 5.41) is 0. The van der Waals surface area contributed by atoms with Crippen LogP contribution in [-0.4, -0.2) is 29.2 Å². The molecule has 1 aliphatic rings. The summed E-state index contributed by atoms with van der Waals surface area (Å²) in [5.74, 6) is -0.794. The topological polar surface area (TPSA) is 49.9 Å². The van der Waals surface area contributed by atoms with E-state index < -0.39 is 65.0 Å². The first-order chi connectivity index (χ1) is 18.3. The Morgan fingerprint density at radius 2 is 1.43 bits per heavy atom. The highest BCUT2D eigenvalue weighted by Crippen LogP contribution is 2.45. The highest BCUT2D eigenvalue weighted by molar-refractivity contribution is 5.92. The van der Waals surface area contributed by atoms with E-state index in [1.165, 1.54) is 13.8 Å². The number of anilines is 1. The summed E-state index contributed by atoms with van der Waals surface area (Å²) in [6.45, 7) is 3.11. The van der Waals surface area contributed by atoms with E-state index >= 15 is 0 Å². The summed E-state index contributed by atoms with van der Waals surface area (Å²) < 4.78 is 126. The first-order valence-electron chi connectivity index (χ1n) is 12.1. The van der Waals surface area contributed by atoms with E-state index in [1.807, 2.05) is 0 Å². The number of nitrogens with zero attached hydrogens (tertiary/aromatic N) is 2. The minimum absolute atomic E-state index is 0.0224. The van der Waals surface area contributed by atoms with Crippen LogP contribution >= 0.6 is 0 Å². The van der Waals surface area contributed by atoms with E-state index in [-0.39, 0.29) is 43.2 Å². The van der Waals surface area contributed by atoms with Crippen LogP contribution in [0, 0.1) is 0 Å². The van der Waals surface area contributed by atoms with E-state index in [0.29, 0.717) is 12.1 Å². The molecule has 0 bridgehead atoms.